The van der Waals surface area contributed by atoms with Gasteiger partial charge in [0, 0.05) is 15.9 Å². The lowest BCUT2D eigenvalue weighted by Gasteiger charge is -2.34. The molecule has 0 saturated carbocycles. The van der Waals surface area contributed by atoms with E-state index in [0.29, 0.717) is 11.3 Å². The number of thiophene rings is 1. The number of nitrogens with one attached hydrogen (secondary N) is 1. The van der Waals surface area contributed by atoms with Crippen LogP contribution in [-0.4, -0.2) is 13.1 Å². The average molecular weight is 318 g/mol. The number of hydrogen-bond donors (Lipinski definition) is 1. The summed E-state index contributed by atoms with van der Waals surface area (Å²) in [5.41, 5.74) is 0.336. The van der Waals surface area contributed by atoms with E-state index in [2.05, 4.69) is 60.4 Å². The molecular weight excluding hydrogens is 294 g/mol. The van der Waals surface area contributed by atoms with Gasteiger partial charge < -0.3 is 5.32 Å². The Hall–Kier alpha value is 0.140. The molecule has 17 heavy (non-hydrogen) atoms. The summed E-state index contributed by atoms with van der Waals surface area (Å²) in [6.07, 6.45) is 2.36. The van der Waals surface area contributed by atoms with Gasteiger partial charge in [0.25, 0.3) is 0 Å². The highest BCUT2D eigenvalue weighted by Gasteiger charge is 2.29. The molecule has 0 aliphatic carbocycles. The van der Waals surface area contributed by atoms with Gasteiger partial charge in [-0.15, -0.1) is 11.3 Å². The second kappa shape index (κ2) is 6.91. The Morgan fingerprint density at radius 1 is 1.47 bits per heavy atom. The van der Waals surface area contributed by atoms with Gasteiger partial charge in [0.15, 0.2) is 0 Å². The molecule has 0 aliphatic heterocycles. The van der Waals surface area contributed by atoms with E-state index in [1.54, 1.807) is 0 Å². The standard InChI is InChI=1S/C14H24BrNS/c1-5-7-16-10-14(4,11(2)3)9-13-12(15)6-8-17-13/h6,8,11,16H,5,7,9-10H2,1-4H3. The Kier molecular flexibility index (Phi) is 6.18. The molecule has 1 unspecified atom stereocenters. The van der Waals surface area contributed by atoms with Gasteiger partial charge >= 0.3 is 0 Å². The van der Waals surface area contributed by atoms with E-state index in [1.165, 1.54) is 15.8 Å². The van der Waals surface area contributed by atoms with Crippen molar-refractivity contribution in [3.8, 4) is 0 Å². The Labute approximate surface area is 118 Å². The van der Waals surface area contributed by atoms with Crippen LogP contribution < -0.4 is 5.32 Å². The van der Waals surface area contributed by atoms with Crippen molar-refractivity contribution in [3.05, 3.63) is 20.8 Å². The minimum Gasteiger partial charge on any atom is -0.316 e. The molecule has 3 heteroatoms. The zero-order chi connectivity index (χ0) is 12.9. The fourth-order valence-electron chi connectivity index (χ4n) is 1.84. The van der Waals surface area contributed by atoms with Crippen molar-refractivity contribution >= 4 is 27.3 Å². The highest BCUT2D eigenvalue weighted by Crippen LogP contribution is 2.35. The third kappa shape index (κ3) is 4.38. The zero-order valence-corrected chi connectivity index (χ0v) is 13.7. The van der Waals surface area contributed by atoms with Gasteiger partial charge in [-0.05, 0) is 58.1 Å². The molecule has 1 heterocycles. The first kappa shape index (κ1) is 15.2. The van der Waals surface area contributed by atoms with Crippen molar-refractivity contribution in [1.29, 1.82) is 0 Å². The summed E-state index contributed by atoms with van der Waals surface area (Å²) in [6, 6.07) is 2.15. The average Bonchev–Trinajstić information content (AvgIpc) is 2.64. The van der Waals surface area contributed by atoms with Crippen molar-refractivity contribution in [2.45, 2.75) is 40.5 Å². The topological polar surface area (TPSA) is 12.0 Å². The largest absolute Gasteiger partial charge is 0.316 e. The highest BCUT2D eigenvalue weighted by molar-refractivity contribution is 9.10. The maximum Gasteiger partial charge on any atom is 0.0314 e. The van der Waals surface area contributed by atoms with Gasteiger partial charge in [-0.3, -0.25) is 0 Å². The summed E-state index contributed by atoms with van der Waals surface area (Å²) in [5, 5.41) is 5.74. The van der Waals surface area contributed by atoms with E-state index in [0.717, 1.165) is 19.5 Å². The Bertz CT molecular complexity index is 335. The molecule has 0 aromatic carbocycles. The quantitative estimate of drug-likeness (QED) is 0.718. The monoisotopic (exact) mass is 317 g/mol. The van der Waals surface area contributed by atoms with Gasteiger partial charge in [0.1, 0.15) is 0 Å². The van der Waals surface area contributed by atoms with Crippen LogP contribution in [0.2, 0.25) is 0 Å². The molecule has 1 rings (SSSR count). The minimum atomic E-state index is 0.336. The third-order valence-electron chi connectivity index (χ3n) is 3.60. The number of rotatable bonds is 7. The second-order valence-electron chi connectivity index (χ2n) is 5.35. The van der Waals surface area contributed by atoms with E-state index in [-0.39, 0.29) is 0 Å². The predicted octanol–water partition coefficient (Wildman–Crippen LogP) is 4.72. The van der Waals surface area contributed by atoms with Gasteiger partial charge in [-0.1, -0.05) is 27.7 Å². The number of hydrogen-bond acceptors (Lipinski definition) is 2. The van der Waals surface area contributed by atoms with Crippen molar-refractivity contribution in [2.24, 2.45) is 11.3 Å². The lowest BCUT2D eigenvalue weighted by molar-refractivity contribution is 0.209. The summed E-state index contributed by atoms with van der Waals surface area (Å²) in [6.45, 7) is 11.5. The Balaban J connectivity index is 2.68. The van der Waals surface area contributed by atoms with E-state index in [1.807, 2.05) is 11.3 Å². The maximum atomic E-state index is 3.64. The van der Waals surface area contributed by atoms with Gasteiger partial charge in [-0.2, -0.15) is 0 Å². The first-order chi connectivity index (χ1) is 7.99. The lowest BCUT2D eigenvalue weighted by Crippen LogP contribution is -2.38. The van der Waals surface area contributed by atoms with E-state index in [9.17, 15) is 0 Å². The van der Waals surface area contributed by atoms with Crippen LogP contribution in [0.3, 0.4) is 0 Å². The smallest absolute Gasteiger partial charge is 0.0314 e. The molecule has 0 fully saturated rings. The molecule has 0 radical (unpaired) electrons. The van der Waals surface area contributed by atoms with Crippen LogP contribution in [0.5, 0.6) is 0 Å². The maximum absolute atomic E-state index is 3.64. The highest BCUT2D eigenvalue weighted by atomic mass is 79.9. The van der Waals surface area contributed by atoms with Crippen LogP contribution in [0.25, 0.3) is 0 Å². The fourth-order valence-corrected chi connectivity index (χ4v) is 3.53. The molecule has 1 aromatic heterocycles. The molecule has 98 valence electrons. The molecule has 1 N–H and O–H groups in total. The summed E-state index contributed by atoms with van der Waals surface area (Å²) >= 11 is 5.50. The van der Waals surface area contributed by atoms with Crippen molar-refractivity contribution in [3.63, 3.8) is 0 Å². The van der Waals surface area contributed by atoms with Crippen molar-refractivity contribution in [2.75, 3.05) is 13.1 Å². The first-order valence-electron chi connectivity index (χ1n) is 6.42. The Morgan fingerprint density at radius 3 is 2.65 bits per heavy atom. The van der Waals surface area contributed by atoms with Gasteiger partial charge in [-0.25, -0.2) is 0 Å². The first-order valence-corrected chi connectivity index (χ1v) is 8.09. The summed E-state index contributed by atoms with van der Waals surface area (Å²) < 4.78 is 1.27. The predicted molar refractivity (Wildman–Crippen MR) is 81.8 cm³/mol. The van der Waals surface area contributed by atoms with E-state index < -0.39 is 0 Å². The van der Waals surface area contributed by atoms with Crippen molar-refractivity contribution < 1.29 is 0 Å². The van der Waals surface area contributed by atoms with Crippen LogP contribution in [-0.2, 0) is 6.42 Å². The molecular formula is C14H24BrNS. The molecule has 0 spiro atoms. The van der Waals surface area contributed by atoms with Crippen LogP contribution in [0.1, 0.15) is 39.0 Å². The minimum absolute atomic E-state index is 0.336. The van der Waals surface area contributed by atoms with Gasteiger partial charge in [0.2, 0.25) is 0 Å². The zero-order valence-electron chi connectivity index (χ0n) is 11.3. The summed E-state index contributed by atoms with van der Waals surface area (Å²) in [4.78, 5) is 1.47. The molecule has 1 atom stereocenters. The molecule has 0 saturated heterocycles. The molecule has 0 aliphatic rings. The van der Waals surface area contributed by atoms with Gasteiger partial charge in [0.05, 0.1) is 0 Å². The SMILES string of the molecule is CCCNCC(C)(Cc1sccc1Br)C(C)C. The second-order valence-corrected chi connectivity index (χ2v) is 7.21. The molecule has 1 aromatic rings. The normalized spacial score (nSPS) is 15.2. The molecule has 1 nitrogen and oxygen atoms in total. The summed E-state index contributed by atoms with van der Waals surface area (Å²) in [7, 11) is 0. The lowest BCUT2D eigenvalue weighted by atomic mass is 9.76. The van der Waals surface area contributed by atoms with Crippen LogP contribution in [0.15, 0.2) is 15.9 Å². The van der Waals surface area contributed by atoms with Crippen molar-refractivity contribution in [1.82, 2.24) is 5.32 Å². The van der Waals surface area contributed by atoms with E-state index in [4.69, 9.17) is 0 Å². The molecule has 0 bridgehead atoms. The molecule has 0 amide bonds. The Morgan fingerprint density at radius 2 is 2.18 bits per heavy atom. The van der Waals surface area contributed by atoms with Crippen LogP contribution in [0.4, 0.5) is 0 Å². The fraction of sp³-hybridized carbons (Fsp3) is 0.714. The van der Waals surface area contributed by atoms with Crippen LogP contribution >= 0.6 is 27.3 Å². The van der Waals surface area contributed by atoms with E-state index >= 15 is 0 Å². The third-order valence-corrected chi connectivity index (χ3v) is 5.53. The van der Waals surface area contributed by atoms with Crippen LogP contribution in [0, 0.1) is 11.3 Å². The number of halogens is 1. The summed E-state index contributed by atoms with van der Waals surface area (Å²) in [5.74, 6) is 0.681.